The maximum atomic E-state index is 13.2. The minimum Gasteiger partial charge on any atom is -0.506 e. The average Bonchev–Trinajstić information content (AvgIpc) is 3.40. The van der Waals surface area contributed by atoms with E-state index in [2.05, 4.69) is 15.1 Å². The fourth-order valence-corrected chi connectivity index (χ4v) is 6.47. The van der Waals surface area contributed by atoms with E-state index in [0.29, 0.717) is 43.7 Å². The van der Waals surface area contributed by atoms with Gasteiger partial charge in [0, 0.05) is 25.8 Å². The van der Waals surface area contributed by atoms with E-state index in [0.717, 1.165) is 6.26 Å². The van der Waals surface area contributed by atoms with Crippen LogP contribution >= 0.6 is 0 Å². The molecule has 15 heteroatoms. The van der Waals surface area contributed by atoms with Crippen LogP contribution in [0.3, 0.4) is 0 Å². The Labute approximate surface area is 232 Å². The van der Waals surface area contributed by atoms with Crippen LogP contribution in [0, 0.1) is 5.92 Å². The van der Waals surface area contributed by atoms with Gasteiger partial charge in [0.05, 0.1) is 40.4 Å². The number of phenolic OH excluding ortho intramolecular Hbond substituents is 1. The first-order valence-electron chi connectivity index (χ1n) is 12.4. The van der Waals surface area contributed by atoms with Crippen LogP contribution in [0.5, 0.6) is 5.75 Å². The number of carbonyl (C=O) groups is 1. The molecule has 4 rings (SSSR count). The molecule has 0 spiro atoms. The molecule has 40 heavy (non-hydrogen) atoms. The molecule has 1 aliphatic rings. The molecule has 216 valence electrons. The fraction of sp³-hybridized carbons (Fsp3) is 0.360. The molecule has 0 saturated carbocycles. The van der Waals surface area contributed by atoms with Gasteiger partial charge in [-0.3, -0.25) is 4.72 Å². The van der Waals surface area contributed by atoms with Gasteiger partial charge in [0.1, 0.15) is 5.75 Å². The molecule has 1 fully saturated rings. The third-order valence-corrected chi connectivity index (χ3v) is 9.12. The molecule has 0 aliphatic carbocycles. The summed E-state index contributed by atoms with van der Waals surface area (Å²) in [7, 11) is -7.30. The molecule has 1 aromatic heterocycles. The number of sulfonamides is 2. The molecule has 1 unspecified atom stereocenters. The second kappa shape index (κ2) is 11.9. The molecule has 3 aromatic rings. The molecule has 1 aliphatic heterocycles. The Morgan fingerprint density at radius 2 is 1.77 bits per heavy atom. The molecule has 1 saturated heterocycles. The Bertz CT molecular complexity index is 1560. The van der Waals surface area contributed by atoms with Crippen LogP contribution in [-0.4, -0.2) is 84.6 Å². The molecule has 13 nitrogen and oxygen atoms in total. The van der Waals surface area contributed by atoms with Crippen molar-refractivity contribution < 1.29 is 36.9 Å². The summed E-state index contributed by atoms with van der Waals surface area (Å²) in [6, 6.07) is 10.3. The van der Waals surface area contributed by atoms with Crippen LogP contribution in [0.25, 0.3) is 5.69 Å². The van der Waals surface area contributed by atoms with Gasteiger partial charge in [0.2, 0.25) is 20.0 Å². The summed E-state index contributed by atoms with van der Waals surface area (Å²) >= 11 is 0. The van der Waals surface area contributed by atoms with Crippen molar-refractivity contribution >= 4 is 31.7 Å². The Morgan fingerprint density at radius 3 is 2.38 bits per heavy atom. The number of anilines is 1. The highest BCUT2D eigenvalue weighted by atomic mass is 32.2. The number of nitrogens with zero attached hydrogens (tertiary/aromatic N) is 3. The number of aliphatic hydroxyl groups is 1. The topological polar surface area (TPSA) is 191 Å². The number of carboxylic acids is 1. The van der Waals surface area contributed by atoms with E-state index in [9.17, 15) is 31.8 Å². The monoisotopic (exact) mass is 593 g/mol. The number of aliphatic hydroxyl groups excluding tert-OH is 1. The molecule has 1 atom stereocenters. The van der Waals surface area contributed by atoms with Crippen LogP contribution in [0.15, 0.2) is 59.8 Å². The Morgan fingerprint density at radius 1 is 1.10 bits per heavy atom. The molecule has 0 radical (unpaired) electrons. The third kappa shape index (κ3) is 7.17. The quantitative estimate of drug-likeness (QED) is 0.203. The number of phenols is 1. The highest BCUT2D eigenvalue weighted by molar-refractivity contribution is 7.92. The first-order valence-corrected chi connectivity index (χ1v) is 15.7. The lowest BCUT2D eigenvalue weighted by Gasteiger charge is -2.31. The van der Waals surface area contributed by atoms with Gasteiger partial charge in [0.25, 0.3) is 0 Å². The summed E-state index contributed by atoms with van der Waals surface area (Å²) in [5.41, 5.74) is 0.975. The fourth-order valence-electron chi connectivity index (χ4n) is 4.43. The van der Waals surface area contributed by atoms with E-state index in [4.69, 9.17) is 5.11 Å². The SMILES string of the molecule is CS(=O)(=O)Nc1cc(C(O)CNCC2CCN(S(=O)(=O)c3ccc(-n4cc(C(=O)O)cn4)cc3)CC2)ccc1O. The highest BCUT2D eigenvalue weighted by Crippen LogP contribution is 2.28. The molecular formula is C25H31N5O8S2. The summed E-state index contributed by atoms with van der Waals surface area (Å²) in [6.45, 7) is 1.45. The Balaban J connectivity index is 1.27. The van der Waals surface area contributed by atoms with Crippen LogP contribution in [-0.2, 0) is 20.0 Å². The number of hydrogen-bond donors (Lipinski definition) is 5. The number of aromatic nitrogens is 2. The number of aromatic hydroxyl groups is 1. The van der Waals surface area contributed by atoms with Gasteiger partial charge in [-0.1, -0.05) is 6.07 Å². The Hall–Kier alpha value is -3.50. The summed E-state index contributed by atoms with van der Waals surface area (Å²) in [5, 5.41) is 36.6. The van der Waals surface area contributed by atoms with E-state index in [1.165, 1.54) is 51.7 Å². The standard InChI is InChI=1S/C25H31N5O8S2/c1-39(35,36)28-22-12-18(2-7-23(22)31)24(32)15-26-13-17-8-10-29(11-9-17)40(37,38)21-5-3-20(4-6-21)30-16-19(14-27-30)25(33)34/h2-7,12,14,16-17,24,26,28,31-32H,8-11,13,15H2,1H3,(H,33,34). The molecule has 0 amide bonds. The maximum Gasteiger partial charge on any atom is 0.338 e. The summed E-state index contributed by atoms with van der Waals surface area (Å²) < 4.78 is 54.3. The number of nitrogens with one attached hydrogen (secondary N) is 2. The van der Waals surface area contributed by atoms with Crippen LogP contribution < -0.4 is 10.0 Å². The van der Waals surface area contributed by atoms with Crippen LogP contribution in [0.2, 0.25) is 0 Å². The summed E-state index contributed by atoms with van der Waals surface area (Å²) in [4.78, 5) is 11.2. The zero-order valence-corrected chi connectivity index (χ0v) is 23.3. The van der Waals surface area contributed by atoms with Crippen molar-refractivity contribution in [2.45, 2.75) is 23.8 Å². The normalized spacial score (nSPS) is 16.1. The number of benzene rings is 2. The lowest BCUT2D eigenvalue weighted by molar-refractivity contribution is 0.0696. The molecule has 5 N–H and O–H groups in total. The average molecular weight is 594 g/mol. The van der Waals surface area contributed by atoms with Gasteiger partial charge in [-0.15, -0.1) is 0 Å². The van der Waals surface area contributed by atoms with Crippen molar-refractivity contribution in [3.05, 3.63) is 66.0 Å². The van der Waals surface area contributed by atoms with Gasteiger partial charge in [-0.05, 0) is 67.3 Å². The third-order valence-electron chi connectivity index (χ3n) is 6.61. The number of piperidine rings is 1. The van der Waals surface area contributed by atoms with E-state index in [1.807, 2.05) is 0 Å². The van der Waals surface area contributed by atoms with Crippen LogP contribution in [0.4, 0.5) is 5.69 Å². The number of hydrogen-bond acceptors (Lipinski definition) is 9. The van der Waals surface area contributed by atoms with Gasteiger partial charge >= 0.3 is 5.97 Å². The second-order valence-electron chi connectivity index (χ2n) is 9.64. The van der Waals surface area contributed by atoms with Gasteiger partial charge < -0.3 is 20.6 Å². The van der Waals surface area contributed by atoms with Crippen molar-refractivity contribution in [1.29, 1.82) is 0 Å². The van der Waals surface area contributed by atoms with Crippen molar-refractivity contribution in [3.8, 4) is 11.4 Å². The van der Waals surface area contributed by atoms with Crippen molar-refractivity contribution in [2.75, 3.05) is 37.2 Å². The molecule has 2 aromatic carbocycles. The maximum absolute atomic E-state index is 13.2. The Kier molecular flexibility index (Phi) is 8.80. The lowest BCUT2D eigenvalue weighted by atomic mass is 9.98. The number of aromatic carboxylic acids is 1. The van der Waals surface area contributed by atoms with E-state index < -0.39 is 32.1 Å². The predicted octanol–water partition coefficient (Wildman–Crippen LogP) is 1.37. The first-order chi connectivity index (χ1) is 18.8. The second-order valence-corrected chi connectivity index (χ2v) is 13.3. The number of carboxylic acid groups (broad SMARTS) is 1. The van der Waals surface area contributed by atoms with Crippen LogP contribution in [0.1, 0.15) is 34.9 Å². The van der Waals surface area contributed by atoms with Crippen molar-refractivity contribution in [3.63, 3.8) is 0 Å². The highest BCUT2D eigenvalue weighted by Gasteiger charge is 2.29. The van der Waals surface area contributed by atoms with Gasteiger partial charge in [0.15, 0.2) is 0 Å². The van der Waals surface area contributed by atoms with Crippen molar-refractivity contribution in [2.24, 2.45) is 5.92 Å². The van der Waals surface area contributed by atoms with Gasteiger partial charge in [-0.2, -0.15) is 9.40 Å². The summed E-state index contributed by atoms with van der Waals surface area (Å²) in [6.07, 6.45) is 3.85. The summed E-state index contributed by atoms with van der Waals surface area (Å²) in [5.74, 6) is -1.15. The zero-order chi connectivity index (χ0) is 29.1. The lowest BCUT2D eigenvalue weighted by Crippen LogP contribution is -2.41. The molecule has 0 bridgehead atoms. The predicted molar refractivity (Wildman–Crippen MR) is 146 cm³/mol. The zero-order valence-electron chi connectivity index (χ0n) is 21.6. The van der Waals surface area contributed by atoms with E-state index in [1.54, 1.807) is 12.1 Å². The smallest absolute Gasteiger partial charge is 0.338 e. The molecular weight excluding hydrogens is 562 g/mol. The largest absolute Gasteiger partial charge is 0.506 e. The first kappa shape index (κ1) is 29.5. The number of rotatable bonds is 11. The van der Waals surface area contributed by atoms with Gasteiger partial charge in [-0.25, -0.2) is 26.3 Å². The van der Waals surface area contributed by atoms with E-state index >= 15 is 0 Å². The molecule has 2 heterocycles. The minimum absolute atomic E-state index is 0.0176. The van der Waals surface area contributed by atoms with E-state index in [-0.39, 0.29) is 34.4 Å². The van der Waals surface area contributed by atoms with Crippen molar-refractivity contribution in [1.82, 2.24) is 19.4 Å². The minimum atomic E-state index is -3.70.